The molecule has 0 fully saturated rings. The van der Waals surface area contributed by atoms with Crippen LogP contribution in [-0.4, -0.2) is 28.6 Å². The second-order valence-corrected chi connectivity index (χ2v) is 7.81. The first-order chi connectivity index (χ1) is 14.9. The van der Waals surface area contributed by atoms with Crippen molar-refractivity contribution < 1.29 is 19.1 Å². The van der Waals surface area contributed by atoms with E-state index in [1.807, 2.05) is 36.4 Å². The first-order valence-corrected chi connectivity index (χ1v) is 10.3. The summed E-state index contributed by atoms with van der Waals surface area (Å²) in [5.74, 6) is 0.0835. The van der Waals surface area contributed by atoms with Crippen molar-refractivity contribution in [2.24, 2.45) is 0 Å². The van der Waals surface area contributed by atoms with Crippen molar-refractivity contribution in [2.75, 3.05) is 11.9 Å². The van der Waals surface area contributed by atoms with Crippen molar-refractivity contribution in [1.82, 2.24) is 9.97 Å². The minimum atomic E-state index is -0.836. The van der Waals surface area contributed by atoms with Gasteiger partial charge in [0.2, 0.25) is 5.91 Å². The zero-order valence-corrected chi connectivity index (χ0v) is 17.6. The summed E-state index contributed by atoms with van der Waals surface area (Å²) in [7, 11) is 0. The van der Waals surface area contributed by atoms with E-state index in [-0.39, 0.29) is 23.8 Å². The lowest BCUT2D eigenvalue weighted by Gasteiger charge is -2.08. The van der Waals surface area contributed by atoms with Crippen molar-refractivity contribution in [1.29, 1.82) is 0 Å². The van der Waals surface area contributed by atoms with Crippen molar-refractivity contribution in [3.05, 3.63) is 59.0 Å². The average Bonchev–Trinajstić information content (AvgIpc) is 3.13. The summed E-state index contributed by atoms with van der Waals surface area (Å²) < 4.78 is 10.1. The van der Waals surface area contributed by atoms with Gasteiger partial charge in [-0.15, -0.1) is 0 Å². The number of nitrogens with one attached hydrogen (secondary N) is 3. The Morgan fingerprint density at radius 1 is 1.13 bits per heavy atom. The van der Waals surface area contributed by atoms with Gasteiger partial charge in [-0.1, -0.05) is 17.8 Å². The van der Waals surface area contributed by atoms with Crippen LogP contribution in [0.2, 0.25) is 0 Å². The van der Waals surface area contributed by atoms with Crippen LogP contribution in [0.15, 0.2) is 63.2 Å². The van der Waals surface area contributed by atoms with Crippen molar-refractivity contribution >= 4 is 51.3 Å². The highest BCUT2D eigenvalue weighted by Crippen LogP contribution is 2.35. The smallest absolute Gasteiger partial charge is 0.434 e. The Morgan fingerprint density at radius 2 is 1.94 bits per heavy atom. The van der Waals surface area contributed by atoms with Crippen LogP contribution in [0.4, 0.5) is 10.5 Å². The number of carbonyl (C=O) groups excluding carboxylic acids is 2. The fraction of sp³-hybridized carbons (Fsp3) is 0.136. The monoisotopic (exact) mass is 437 g/mol. The summed E-state index contributed by atoms with van der Waals surface area (Å²) >= 11 is 1.50. The molecule has 9 heteroatoms. The number of ether oxygens (including phenoxy) is 2. The predicted octanol–water partition coefficient (Wildman–Crippen LogP) is 4.65. The molecule has 0 aliphatic heterocycles. The molecule has 4 aromatic rings. The molecule has 2 heterocycles. The van der Waals surface area contributed by atoms with E-state index in [9.17, 15) is 14.4 Å². The van der Waals surface area contributed by atoms with Gasteiger partial charge in [-0.2, -0.15) is 0 Å². The number of rotatable bonds is 5. The molecule has 31 heavy (non-hydrogen) atoms. The largest absolute Gasteiger partial charge is 0.513 e. The van der Waals surface area contributed by atoms with Gasteiger partial charge in [0, 0.05) is 39.5 Å². The summed E-state index contributed by atoms with van der Waals surface area (Å²) in [6, 6.07) is 13.1. The van der Waals surface area contributed by atoms with Gasteiger partial charge in [-0.3, -0.25) is 9.59 Å². The third kappa shape index (κ3) is 4.41. The van der Waals surface area contributed by atoms with Gasteiger partial charge < -0.3 is 24.8 Å². The molecule has 0 unspecified atom stereocenters. The molecule has 0 atom stereocenters. The molecule has 4 rings (SSSR count). The molecule has 0 radical (unpaired) electrons. The molecular formula is C22H19N3O5S. The minimum Gasteiger partial charge on any atom is -0.434 e. The number of amides is 1. The molecule has 0 aliphatic rings. The van der Waals surface area contributed by atoms with Gasteiger partial charge >= 0.3 is 6.16 Å². The number of aromatic amines is 2. The normalized spacial score (nSPS) is 10.9. The quantitative estimate of drug-likeness (QED) is 0.392. The molecule has 2 aromatic carbocycles. The maximum atomic E-state index is 12.4. The standard InChI is InChI=1S/C22H19N3O5S/c1-3-29-22(28)30-18-11-23-20-19(18)16-10-15(7-8-17(16)25-21(20)27)31-14-6-4-5-13(9-14)24-12(2)26/h4-11,23H,3H2,1-2H3,(H,24,26)(H,25,27). The van der Waals surface area contributed by atoms with Crippen LogP contribution in [-0.2, 0) is 9.53 Å². The van der Waals surface area contributed by atoms with Crippen LogP contribution in [0.25, 0.3) is 21.8 Å². The van der Waals surface area contributed by atoms with E-state index in [1.165, 1.54) is 24.9 Å². The number of pyridine rings is 1. The fourth-order valence-corrected chi connectivity index (χ4v) is 4.15. The Bertz CT molecular complexity index is 1360. The van der Waals surface area contributed by atoms with Gasteiger partial charge in [0.15, 0.2) is 5.75 Å². The topological polar surface area (TPSA) is 113 Å². The van der Waals surface area contributed by atoms with E-state index in [4.69, 9.17) is 9.47 Å². The second-order valence-electron chi connectivity index (χ2n) is 6.66. The molecule has 0 saturated heterocycles. The SMILES string of the molecule is CCOC(=O)Oc1c[nH]c2c(=O)[nH]c3ccc(Sc4cccc(NC(C)=O)c4)cc3c12. The number of hydrogen-bond donors (Lipinski definition) is 3. The van der Waals surface area contributed by atoms with Gasteiger partial charge in [-0.25, -0.2) is 4.79 Å². The zero-order chi connectivity index (χ0) is 22.0. The Morgan fingerprint density at radius 3 is 2.71 bits per heavy atom. The number of H-pyrrole nitrogens is 2. The Balaban J connectivity index is 1.75. The predicted molar refractivity (Wildman–Crippen MR) is 119 cm³/mol. The minimum absolute atomic E-state index is 0.138. The number of hydrogen-bond acceptors (Lipinski definition) is 6. The second kappa shape index (κ2) is 8.57. The van der Waals surface area contributed by atoms with E-state index in [0.717, 1.165) is 15.2 Å². The number of aromatic nitrogens is 2. The van der Waals surface area contributed by atoms with E-state index in [1.54, 1.807) is 13.0 Å². The van der Waals surface area contributed by atoms with Crippen LogP contribution in [0.3, 0.4) is 0 Å². The molecule has 0 spiro atoms. The molecule has 0 aliphatic carbocycles. The number of anilines is 1. The molecule has 2 aromatic heterocycles. The van der Waals surface area contributed by atoms with Crippen LogP contribution in [0.5, 0.6) is 5.75 Å². The third-order valence-electron chi connectivity index (χ3n) is 4.43. The van der Waals surface area contributed by atoms with E-state index in [2.05, 4.69) is 15.3 Å². The number of benzene rings is 2. The molecule has 3 N–H and O–H groups in total. The highest BCUT2D eigenvalue weighted by molar-refractivity contribution is 7.99. The number of carbonyl (C=O) groups is 2. The molecular weight excluding hydrogens is 418 g/mol. The van der Waals surface area contributed by atoms with Crippen LogP contribution < -0.4 is 15.6 Å². The van der Waals surface area contributed by atoms with Crippen LogP contribution in [0.1, 0.15) is 13.8 Å². The van der Waals surface area contributed by atoms with Gasteiger partial charge in [0.05, 0.1) is 12.0 Å². The van der Waals surface area contributed by atoms with Crippen molar-refractivity contribution in [3.63, 3.8) is 0 Å². The van der Waals surface area contributed by atoms with E-state index < -0.39 is 6.16 Å². The molecule has 0 bridgehead atoms. The van der Waals surface area contributed by atoms with E-state index in [0.29, 0.717) is 22.1 Å². The van der Waals surface area contributed by atoms with Crippen LogP contribution in [0, 0.1) is 0 Å². The maximum Gasteiger partial charge on any atom is 0.513 e. The molecule has 0 saturated carbocycles. The molecule has 158 valence electrons. The van der Waals surface area contributed by atoms with Crippen molar-refractivity contribution in [2.45, 2.75) is 23.6 Å². The summed E-state index contributed by atoms with van der Waals surface area (Å²) in [6.07, 6.45) is 0.629. The number of fused-ring (bicyclic) bond motifs is 3. The fourth-order valence-electron chi connectivity index (χ4n) is 3.23. The lowest BCUT2D eigenvalue weighted by Crippen LogP contribution is -2.10. The van der Waals surface area contributed by atoms with E-state index >= 15 is 0 Å². The Hall–Kier alpha value is -3.72. The Labute approximate surface area is 180 Å². The first-order valence-electron chi connectivity index (χ1n) is 9.52. The summed E-state index contributed by atoms with van der Waals surface area (Å²) in [6.45, 7) is 3.32. The van der Waals surface area contributed by atoms with Crippen molar-refractivity contribution in [3.8, 4) is 5.75 Å². The highest BCUT2D eigenvalue weighted by atomic mass is 32.2. The molecule has 1 amide bonds. The average molecular weight is 437 g/mol. The summed E-state index contributed by atoms with van der Waals surface area (Å²) in [4.78, 5) is 43.1. The summed E-state index contributed by atoms with van der Waals surface area (Å²) in [5.41, 5.74) is 1.31. The summed E-state index contributed by atoms with van der Waals surface area (Å²) in [5, 5.41) is 3.99. The zero-order valence-electron chi connectivity index (χ0n) is 16.8. The lowest BCUT2D eigenvalue weighted by atomic mass is 10.1. The highest BCUT2D eigenvalue weighted by Gasteiger charge is 2.16. The third-order valence-corrected chi connectivity index (χ3v) is 5.40. The van der Waals surface area contributed by atoms with Gasteiger partial charge in [0.25, 0.3) is 5.56 Å². The Kier molecular flexibility index (Phi) is 5.68. The lowest BCUT2D eigenvalue weighted by molar-refractivity contribution is -0.114. The van der Waals surface area contributed by atoms with Gasteiger partial charge in [0.1, 0.15) is 5.52 Å². The maximum absolute atomic E-state index is 12.4. The molecule has 8 nitrogen and oxygen atoms in total. The van der Waals surface area contributed by atoms with Crippen LogP contribution >= 0.6 is 11.8 Å². The van der Waals surface area contributed by atoms with Gasteiger partial charge in [-0.05, 0) is 43.3 Å². The first kappa shape index (κ1) is 20.5.